The molecule has 1 rings (SSSR count). The van der Waals surface area contributed by atoms with Crippen LogP contribution in [0.15, 0.2) is 24.3 Å². The average Bonchev–Trinajstić information content (AvgIpc) is 2.26. The molecule has 1 aromatic rings. The lowest BCUT2D eigenvalue weighted by molar-refractivity contribution is -0.274. The van der Waals surface area contributed by atoms with Crippen molar-refractivity contribution in [1.82, 2.24) is 0 Å². The molecular formula is C11H12F3NO3. The van der Waals surface area contributed by atoms with Crippen LogP contribution in [0, 0.1) is 0 Å². The molecule has 0 amide bonds. The van der Waals surface area contributed by atoms with Crippen LogP contribution in [0.25, 0.3) is 0 Å². The third kappa shape index (κ3) is 3.36. The fourth-order valence-electron chi connectivity index (χ4n) is 1.33. The quantitative estimate of drug-likeness (QED) is 0.846. The van der Waals surface area contributed by atoms with Gasteiger partial charge in [-0.05, 0) is 24.6 Å². The van der Waals surface area contributed by atoms with Crippen molar-refractivity contribution in [1.29, 1.82) is 0 Å². The normalized spacial score (nSPS) is 14.8. The van der Waals surface area contributed by atoms with Crippen LogP contribution in [-0.4, -0.2) is 19.4 Å². The molecule has 0 aromatic heterocycles. The second-order valence-electron chi connectivity index (χ2n) is 3.77. The van der Waals surface area contributed by atoms with Gasteiger partial charge in [-0.1, -0.05) is 12.1 Å². The molecule has 0 radical (unpaired) electrons. The lowest BCUT2D eigenvalue weighted by Crippen LogP contribution is -2.42. The van der Waals surface area contributed by atoms with Gasteiger partial charge in [-0.2, -0.15) is 0 Å². The topological polar surface area (TPSA) is 61.5 Å². The maximum atomic E-state index is 11.9. The third-order valence-corrected chi connectivity index (χ3v) is 2.30. The van der Waals surface area contributed by atoms with Crippen LogP contribution in [-0.2, 0) is 15.1 Å². The molecule has 1 aromatic carbocycles. The summed E-state index contributed by atoms with van der Waals surface area (Å²) in [6.45, 7) is 1.40. The molecule has 0 spiro atoms. The summed E-state index contributed by atoms with van der Waals surface area (Å²) in [5.41, 5.74) is 4.63. The molecule has 0 bridgehead atoms. The number of rotatable bonds is 3. The largest absolute Gasteiger partial charge is 0.573 e. The molecule has 7 heteroatoms. The van der Waals surface area contributed by atoms with Crippen molar-refractivity contribution < 1.29 is 27.4 Å². The number of carbonyl (C=O) groups excluding carboxylic acids is 1. The molecular weight excluding hydrogens is 251 g/mol. The number of nitrogens with two attached hydrogens (primary N) is 1. The predicted octanol–water partition coefficient (Wildman–Crippen LogP) is 1.93. The molecule has 0 saturated heterocycles. The van der Waals surface area contributed by atoms with E-state index in [0.29, 0.717) is 5.56 Å². The Morgan fingerprint density at radius 2 is 1.72 bits per heavy atom. The van der Waals surface area contributed by atoms with Gasteiger partial charge >= 0.3 is 12.3 Å². The second-order valence-corrected chi connectivity index (χ2v) is 3.77. The van der Waals surface area contributed by atoms with Crippen LogP contribution in [0.2, 0.25) is 0 Å². The molecule has 1 atom stereocenters. The van der Waals surface area contributed by atoms with Gasteiger partial charge in [-0.25, -0.2) is 4.79 Å². The first-order valence-corrected chi connectivity index (χ1v) is 4.90. The molecule has 0 aliphatic carbocycles. The van der Waals surface area contributed by atoms with Crippen LogP contribution in [0.5, 0.6) is 5.75 Å². The molecule has 18 heavy (non-hydrogen) atoms. The number of alkyl halides is 3. The SMILES string of the molecule is COC(=O)[C@](C)(N)c1ccc(OC(F)(F)F)cc1. The van der Waals surface area contributed by atoms with Gasteiger partial charge in [0.2, 0.25) is 0 Å². The number of hydrogen-bond acceptors (Lipinski definition) is 4. The van der Waals surface area contributed by atoms with Crippen molar-refractivity contribution >= 4 is 5.97 Å². The number of esters is 1. The minimum absolute atomic E-state index is 0.323. The zero-order valence-corrected chi connectivity index (χ0v) is 9.75. The molecule has 0 unspecified atom stereocenters. The van der Waals surface area contributed by atoms with Crippen molar-refractivity contribution in [2.24, 2.45) is 5.73 Å². The van der Waals surface area contributed by atoms with Gasteiger partial charge < -0.3 is 15.2 Å². The molecule has 2 N–H and O–H groups in total. The number of methoxy groups -OCH3 is 1. The highest BCUT2D eigenvalue weighted by Gasteiger charge is 2.33. The minimum atomic E-state index is -4.75. The summed E-state index contributed by atoms with van der Waals surface area (Å²) in [6.07, 6.45) is -4.75. The van der Waals surface area contributed by atoms with Gasteiger partial charge in [-0.15, -0.1) is 13.2 Å². The van der Waals surface area contributed by atoms with Gasteiger partial charge in [0.05, 0.1) is 7.11 Å². The average molecular weight is 263 g/mol. The van der Waals surface area contributed by atoms with Gasteiger partial charge in [-0.3, -0.25) is 0 Å². The van der Waals surface area contributed by atoms with Crippen LogP contribution in [0.4, 0.5) is 13.2 Å². The van der Waals surface area contributed by atoms with E-state index in [2.05, 4.69) is 9.47 Å². The Morgan fingerprint density at radius 1 is 1.22 bits per heavy atom. The van der Waals surface area contributed by atoms with Crippen LogP contribution < -0.4 is 10.5 Å². The summed E-state index contributed by atoms with van der Waals surface area (Å²) in [7, 11) is 1.18. The Morgan fingerprint density at radius 3 is 2.11 bits per heavy atom. The van der Waals surface area contributed by atoms with E-state index in [9.17, 15) is 18.0 Å². The van der Waals surface area contributed by atoms with E-state index in [1.54, 1.807) is 0 Å². The first kappa shape index (κ1) is 14.3. The van der Waals surface area contributed by atoms with E-state index in [0.717, 1.165) is 12.1 Å². The van der Waals surface area contributed by atoms with Crippen molar-refractivity contribution in [3.05, 3.63) is 29.8 Å². The van der Waals surface area contributed by atoms with Crippen LogP contribution in [0.3, 0.4) is 0 Å². The Kier molecular flexibility index (Phi) is 3.85. The first-order valence-electron chi connectivity index (χ1n) is 4.90. The van der Waals surface area contributed by atoms with E-state index < -0.39 is 17.9 Å². The summed E-state index contributed by atoms with van der Waals surface area (Å²) in [5, 5.41) is 0. The molecule has 0 fully saturated rings. The Labute approximate surface area is 101 Å². The second kappa shape index (κ2) is 4.85. The highest BCUT2D eigenvalue weighted by molar-refractivity contribution is 5.81. The summed E-state index contributed by atoms with van der Waals surface area (Å²) in [4.78, 5) is 11.4. The smallest absolute Gasteiger partial charge is 0.467 e. The highest BCUT2D eigenvalue weighted by Crippen LogP contribution is 2.26. The maximum absolute atomic E-state index is 11.9. The Bertz CT molecular complexity index is 426. The lowest BCUT2D eigenvalue weighted by Gasteiger charge is -2.22. The number of carbonyl (C=O) groups is 1. The zero-order chi connectivity index (χ0) is 14.0. The molecule has 0 aliphatic heterocycles. The summed E-state index contributed by atoms with van der Waals surface area (Å²) >= 11 is 0. The molecule has 100 valence electrons. The lowest BCUT2D eigenvalue weighted by atomic mass is 9.93. The summed E-state index contributed by atoms with van der Waals surface area (Å²) in [6, 6.07) is 4.71. The van der Waals surface area contributed by atoms with Crippen molar-refractivity contribution in [3.8, 4) is 5.75 Å². The van der Waals surface area contributed by atoms with Gasteiger partial charge in [0.25, 0.3) is 0 Å². The van der Waals surface area contributed by atoms with E-state index in [1.807, 2.05) is 0 Å². The third-order valence-electron chi connectivity index (χ3n) is 2.30. The Hall–Kier alpha value is -1.76. The van der Waals surface area contributed by atoms with Crippen LogP contribution >= 0.6 is 0 Å². The van der Waals surface area contributed by atoms with Crippen molar-refractivity contribution in [2.75, 3.05) is 7.11 Å². The van der Waals surface area contributed by atoms with Crippen LogP contribution in [0.1, 0.15) is 12.5 Å². The number of ether oxygens (including phenoxy) is 2. The first-order chi connectivity index (χ1) is 8.16. The predicted molar refractivity (Wildman–Crippen MR) is 56.7 cm³/mol. The molecule has 0 saturated carbocycles. The van der Waals surface area contributed by atoms with Crippen molar-refractivity contribution in [2.45, 2.75) is 18.8 Å². The summed E-state index contributed by atoms with van der Waals surface area (Å²) < 4.78 is 44.0. The fourth-order valence-corrected chi connectivity index (χ4v) is 1.33. The fraction of sp³-hybridized carbons (Fsp3) is 0.364. The highest BCUT2D eigenvalue weighted by atomic mass is 19.4. The van der Waals surface area contributed by atoms with E-state index >= 15 is 0 Å². The van der Waals surface area contributed by atoms with E-state index in [-0.39, 0.29) is 5.75 Å². The summed E-state index contributed by atoms with van der Waals surface area (Å²) in [5.74, 6) is -1.07. The number of halogens is 3. The van der Waals surface area contributed by atoms with Crippen molar-refractivity contribution in [3.63, 3.8) is 0 Å². The minimum Gasteiger partial charge on any atom is -0.467 e. The molecule has 4 nitrogen and oxygen atoms in total. The zero-order valence-electron chi connectivity index (χ0n) is 9.75. The molecule has 0 heterocycles. The standard InChI is InChI=1S/C11H12F3NO3/c1-10(15,9(16)17-2)7-3-5-8(6-4-7)18-11(12,13)14/h3-6H,15H2,1-2H3/t10-/m1/s1. The number of hydrogen-bond donors (Lipinski definition) is 1. The molecule has 0 aliphatic rings. The van der Waals surface area contributed by atoms with Gasteiger partial charge in [0.1, 0.15) is 11.3 Å². The Balaban J connectivity index is 2.92. The van der Waals surface area contributed by atoms with Gasteiger partial charge in [0, 0.05) is 0 Å². The maximum Gasteiger partial charge on any atom is 0.573 e. The monoisotopic (exact) mass is 263 g/mol. The van der Waals surface area contributed by atoms with E-state index in [1.165, 1.54) is 26.2 Å². The number of benzene rings is 1. The van der Waals surface area contributed by atoms with E-state index in [4.69, 9.17) is 5.73 Å². The van der Waals surface area contributed by atoms with Gasteiger partial charge in [0.15, 0.2) is 0 Å².